The number of nitrogens with one attached hydrogen (secondary N) is 2. The van der Waals surface area contributed by atoms with Crippen LogP contribution in [0.1, 0.15) is 47.6 Å². The van der Waals surface area contributed by atoms with Crippen molar-refractivity contribution in [1.82, 2.24) is 5.32 Å². The highest BCUT2D eigenvalue weighted by Gasteiger charge is 2.42. The molecule has 4 nitrogen and oxygen atoms in total. The number of amides is 1. The second-order valence-corrected chi connectivity index (χ2v) is 11.5. The predicted molar refractivity (Wildman–Crippen MR) is 145 cm³/mol. The Kier molecular flexibility index (Phi) is 6.86. The minimum Gasteiger partial charge on any atom is -0.362 e. The summed E-state index contributed by atoms with van der Waals surface area (Å²) in [5.41, 5.74) is 5.49. The first-order valence-corrected chi connectivity index (χ1v) is 13.9. The number of thiophene rings is 1. The first kappa shape index (κ1) is 24.5. The van der Waals surface area contributed by atoms with E-state index >= 15 is 0 Å². The SMILES string of the molecule is CSc1sc(C)cc1[C@@H]1C(C(=O)Nc2ccc(F)cc2)=C(C)NC2=C1C(=O)C[C@H](c1ccccc1)C2. The van der Waals surface area contributed by atoms with Crippen molar-refractivity contribution < 1.29 is 14.0 Å². The molecule has 0 radical (unpaired) electrons. The topological polar surface area (TPSA) is 58.2 Å². The normalized spacial score (nSPS) is 19.7. The molecular weight excluding hydrogens is 491 g/mol. The van der Waals surface area contributed by atoms with Crippen LogP contribution in [-0.2, 0) is 9.59 Å². The number of dihydropyridines is 1. The lowest BCUT2D eigenvalue weighted by molar-refractivity contribution is -0.116. The largest absolute Gasteiger partial charge is 0.362 e. The highest BCUT2D eigenvalue weighted by atomic mass is 32.2. The monoisotopic (exact) mass is 518 g/mol. The van der Waals surface area contributed by atoms with Crippen molar-refractivity contribution in [2.75, 3.05) is 11.6 Å². The number of carbonyl (C=O) groups is 2. The van der Waals surface area contributed by atoms with Crippen molar-refractivity contribution in [3.63, 3.8) is 0 Å². The third-order valence-electron chi connectivity index (χ3n) is 6.79. The van der Waals surface area contributed by atoms with Crippen molar-refractivity contribution in [3.8, 4) is 0 Å². The Bertz CT molecular complexity index is 1390. The Morgan fingerprint density at radius 3 is 2.50 bits per heavy atom. The van der Waals surface area contributed by atoms with Crippen LogP contribution >= 0.6 is 23.1 Å². The zero-order chi connectivity index (χ0) is 25.4. The van der Waals surface area contributed by atoms with Gasteiger partial charge in [0.05, 0.1) is 4.21 Å². The van der Waals surface area contributed by atoms with Crippen LogP contribution in [0.15, 0.2) is 87.4 Å². The number of benzene rings is 2. The molecule has 2 N–H and O–H groups in total. The van der Waals surface area contributed by atoms with Gasteiger partial charge in [-0.25, -0.2) is 4.39 Å². The number of rotatable bonds is 5. The maximum Gasteiger partial charge on any atom is 0.254 e. The van der Waals surface area contributed by atoms with Gasteiger partial charge in [-0.15, -0.1) is 23.1 Å². The number of halogens is 1. The summed E-state index contributed by atoms with van der Waals surface area (Å²) in [6, 6.07) is 17.9. The van der Waals surface area contributed by atoms with Gasteiger partial charge in [-0.3, -0.25) is 9.59 Å². The fourth-order valence-electron chi connectivity index (χ4n) is 5.22. The van der Waals surface area contributed by atoms with E-state index in [1.54, 1.807) is 23.1 Å². The van der Waals surface area contributed by atoms with Gasteiger partial charge in [0, 0.05) is 45.4 Å². The van der Waals surface area contributed by atoms with Gasteiger partial charge in [-0.2, -0.15) is 0 Å². The van der Waals surface area contributed by atoms with Gasteiger partial charge >= 0.3 is 0 Å². The van der Waals surface area contributed by atoms with Crippen molar-refractivity contribution >= 4 is 40.5 Å². The Morgan fingerprint density at radius 1 is 1.08 bits per heavy atom. The smallest absolute Gasteiger partial charge is 0.254 e. The summed E-state index contributed by atoms with van der Waals surface area (Å²) in [5, 5.41) is 6.35. The van der Waals surface area contributed by atoms with Gasteiger partial charge in [-0.1, -0.05) is 30.3 Å². The van der Waals surface area contributed by atoms with Crippen LogP contribution in [0.5, 0.6) is 0 Å². The Labute approximate surface area is 218 Å². The molecule has 3 aromatic rings. The average Bonchev–Trinajstić information content (AvgIpc) is 3.25. The van der Waals surface area contributed by atoms with Gasteiger partial charge in [0.1, 0.15) is 5.82 Å². The summed E-state index contributed by atoms with van der Waals surface area (Å²) in [7, 11) is 0. The minimum absolute atomic E-state index is 0.0677. The highest BCUT2D eigenvalue weighted by molar-refractivity contribution is 8.00. The summed E-state index contributed by atoms with van der Waals surface area (Å²) < 4.78 is 14.5. The first-order valence-electron chi connectivity index (χ1n) is 11.9. The van der Waals surface area contributed by atoms with Gasteiger partial charge in [0.15, 0.2) is 5.78 Å². The lowest BCUT2D eigenvalue weighted by Crippen LogP contribution is -2.37. The zero-order valence-electron chi connectivity index (χ0n) is 20.4. The number of thioether (sulfide) groups is 1. The second-order valence-electron chi connectivity index (χ2n) is 9.19. The maximum atomic E-state index is 13.8. The molecule has 1 aliphatic carbocycles. The van der Waals surface area contributed by atoms with E-state index in [2.05, 4.69) is 28.8 Å². The lowest BCUT2D eigenvalue weighted by Gasteiger charge is -2.37. The molecule has 7 heteroatoms. The molecule has 2 aromatic carbocycles. The van der Waals surface area contributed by atoms with E-state index < -0.39 is 5.92 Å². The third-order valence-corrected chi connectivity index (χ3v) is 9.01. The molecule has 36 heavy (non-hydrogen) atoms. The molecule has 0 bridgehead atoms. The molecule has 1 aliphatic heterocycles. The molecule has 5 rings (SSSR count). The standard InChI is InChI=1S/C29H27FN2O2S2/c1-16-13-22(29(35-3)36-16)26-25(28(34)32-21-11-9-20(30)10-12-21)17(2)31-23-14-19(15-24(33)27(23)26)18-7-5-4-6-8-18/h4-13,19,26,31H,14-15H2,1-3H3,(H,32,34)/t19-,26-/m1/s1. The fourth-order valence-corrected chi connectivity index (χ4v) is 7.13. The van der Waals surface area contributed by atoms with Crippen molar-refractivity contribution in [2.45, 2.75) is 42.7 Å². The van der Waals surface area contributed by atoms with Crippen LogP contribution in [0.25, 0.3) is 0 Å². The van der Waals surface area contributed by atoms with Crippen LogP contribution < -0.4 is 10.6 Å². The number of allylic oxidation sites excluding steroid dienone is 3. The van der Waals surface area contributed by atoms with Crippen LogP contribution in [0, 0.1) is 12.7 Å². The quantitative estimate of drug-likeness (QED) is 0.360. The van der Waals surface area contributed by atoms with Crippen LogP contribution in [-0.4, -0.2) is 17.9 Å². The van der Waals surface area contributed by atoms with E-state index in [0.29, 0.717) is 29.7 Å². The molecule has 0 saturated heterocycles. The van der Waals surface area contributed by atoms with Gasteiger partial charge in [-0.05, 0) is 73.9 Å². The molecule has 1 amide bonds. The van der Waals surface area contributed by atoms with E-state index in [9.17, 15) is 14.0 Å². The third kappa shape index (κ3) is 4.65. The van der Waals surface area contributed by atoms with Crippen molar-refractivity contribution in [3.05, 3.63) is 105 Å². The van der Waals surface area contributed by atoms with E-state index in [1.165, 1.54) is 24.3 Å². The molecular formula is C29H27FN2O2S2. The molecule has 2 atom stereocenters. The summed E-state index contributed by atoms with van der Waals surface area (Å²) in [5.74, 6) is -0.958. The Balaban J connectivity index is 1.58. The van der Waals surface area contributed by atoms with Gasteiger partial charge in [0.25, 0.3) is 5.91 Å². The van der Waals surface area contributed by atoms with E-state index in [-0.39, 0.29) is 23.4 Å². The molecule has 1 aromatic heterocycles. The van der Waals surface area contributed by atoms with Crippen molar-refractivity contribution in [2.24, 2.45) is 0 Å². The lowest BCUT2D eigenvalue weighted by atomic mass is 9.72. The van der Waals surface area contributed by atoms with Crippen LogP contribution in [0.2, 0.25) is 0 Å². The molecule has 184 valence electrons. The van der Waals surface area contributed by atoms with Gasteiger partial charge in [0.2, 0.25) is 0 Å². The number of hydrogen-bond acceptors (Lipinski definition) is 5. The summed E-state index contributed by atoms with van der Waals surface area (Å²) in [6.45, 7) is 3.94. The maximum absolute atomic E-state index is 13.8. The van der Waals surface area contributed by atoms with Crippen molar-refractivity contribution in [1.29, 1.82) is 0 Å². The molecule has 0 unspecified atom stereocenters. The van der Waals surface area contributed by atoms with E-state index in [0.717, 1.165) is 31.6 Å². The number of Topliss-reactive ketones (excluding diaryl/α,β-unsaturated/α-hetero) is 1. The molecule has 0 spiro atoms. The number of aryl methyl sites for hydroxylation is 1. The molecule has 0 fully saturated rings. The summed E-state index contributed by atoms with van der Waals surface area (Å²) in [4.78, 5) is 28.6. The zero-order valence-corrected chi connectivity index (χ0v) is 22.0. The number of anilines is 1. The van der Waals surface area contributed by atoms with Crippen LogP contribution in [0.3, 0.4) is 0 Å². The molecule has 2 heterocycles. The Morgan fingerprint density at radius 2 is 1.81 bits per heavy atom. The van der Waals surface area contributed by atoms with Crippen LogP contribution in [0.4, 0.5) is 10.1 Å². The first-order chi connectivity index (χ1) is 17.4. The minimum atomic E-state index is -0.460. The predicted octanol–water partition coefficient (Wildman–Crippen LogP) is 6.92. The second kappa shape index (κ2) is 10.1. The molecule has 0 saturated carbocycles. The number of hydrogen-bond donors (Lipinski definition) is 2. The highest BCUT2D eigenvalue weighted by Crippen LogP contribution is 2.49. The van der Waals surface area contributed by atoms with E-state index in [4.69, 9.17) is 0 Å². The summed E-state index contributed by atoms with van der Waals surface area (Å²) >= 11 is 3.32. The number of carbonyl (C=O) groups excluding carboxylic acids is 2. The fraction of sp³-hybridized carbons (Fsp3) is 0.241. The number of ketones is 1. The average molecular weight is 519 g/mol. The Hall–Kier alpha value is -3.16. The molecule has 2 aliphatic rings. The summed E-state index contributed by atoms with van der Waals surface area (Å²) in [6.07, 6.45) is 3.14. The van der Waals surface area contributed by atoms with Gasteiger partial charge < -0.3 is 10.6 Å². The van der Waals surface area contributed by atoms with E-state index in [1.807, 2.05) is 38.3 Å².